The smallest absolute Gasteiger partial charge is 0.271 e. The highest BCUT2D eigenvalue weighted by Gasteiger charge is 2.08. The summed E-state index contributed by atoms with van der Waals surface area (Å²) in [7, 11) is 0. The highest BCUT2D eigenvalue weighted by Crippen LogP contribution is 2.16. The number of benzene rings is 1. The molecule has 0 aliphatic heterocycles. The SMILES string of the molecule is CC(C)c1ccc(/C=C(\CO)[N+](=O)[O-])cc1. The largest absolute Gasteiger partial charge is 0.385 e. The molecule has 0 saturated heterocycles. The molecular formula is C12H15NO3. The van der Waals surface area contributed by atoms with E-state index in [2.05, 4.69) is 13.8 Å². The van der Waals surface area contributed by atoms with Crippen LogP contribution in [0.15, 0.2) is 30.0 Å². The number of nitro groups is 1. The van der Waals surface area contributed by atoms with Crippen LogP contribution in [0.2, 0.25) is 0 Å². The van der Waals surface area contributed by atoms with Crippen LogP contribution < -0.4 is 0 Å². The topological polar surface area (TPSA) is 63.4 Å². The molecule has 0 aliphatic rings. The summed E-state index contributed by atoms with van der Waals surface area (Å²) in [6.07, 6.45) is 1.38. The maximum absolute atomic E-state index is 10.5. The van der Waals surface area contributed by atoms with Crippen molar-refractivity contribution in [3.8, 4) is 0 Å². The van der Waals surface area contributed by atoms with Crippen molar-refractivity contribution >= 4 is 6.08 Å². The summed E-state index contributed by atoms with van der Waals surface area (Å²) >= 11 is 0. The maximum Gasteiger partial charge on any atom is 0.271 e. The predicted molar refractivity (Wildman–Crippen MR) is 62.6 cm³/mol. The van der Waals surface area contributed by atoms with E-state index < -0.39 is 11.5 Å². The van der Waals surface area contributed by atoms with E-state index in [0.717, 1.165) is 5.56 Å². The molecule has 1 aromatic rings. The van der Waals surface area contributed by atoms with Crippen molar-refractivity contribution in [2.24, 2.45) is 0 Å². The second-order valence-corrected chi connectivity index (χ2v) is 3.87. The van der Waals surface area contributed by atoms with Crippen LogP contribution in [0.3, 0.4) is 0 Å². The molecule has 0 atom stereocenters. The van der Waals surface area contributed by atoms with Crippen LogP contribution in [0, 0.1) is 10.1 Å². The first-order chi connectivity index (χ1) is 7.54. The van der Waals surface area contributed by atoms with Gasteiger partial charge in [-0.2, -0.15) is 0 Å². The lowest BCUT2D eigenvalue weighted by Crippen LogP contribution is -2.02. The summed E-state index contributed by atoms with van der Waals surface area (Å²) in [5.41, 5.74) is 1.71. The third-order valence-electron chi connectivity index (χ3n) is 2.33. The highest BCUT2D eigenvalue weighted by atomic mass is 16.6. The van der Waals surface area contributed by atoms with Gasteiger partial charge in [0.05, 0.1) is 4.92 Å². The van der Waals surface area contributed by atoms with Crippen molar-refractivity contribution in [1.82, 2.24) is 0 Å². The van der Waals surface area contributed by atoms with E-state index in [9.17, 15) is 10.1 Å². The zero-order valence-corrected chi connectivity index (χ0v) is 9.38. The van der Waals surface area contributed by atoms with Gasteiger partial charge < -0.3 is 5.11 Å². The van der Waals surface area contributed by atoms with Gasteiger partial charge in [0.1, 0.15) is 6.61 Å². The van der Waals surface area contributed by atoms with Gasteiger partial charge in [-0.3, -0.25) is 10.1 Å². The molecule has 1 aromatic carbocycles. The van der Waals surface area contributed by atoms with Gasteiger partial charge in [-0.05, 0) is 17.0 Å². The average molecular weight is 221 g/mol. The lowest BCUT2D eigenvalue weighted by Gasteiger charge is -2.04. The molecule has 0 bridgehead atoms. The lowest BCUT2D eigenvalue weighted by atomic mass is 10.0. The standard InChI is InChI=1S/C12H15NO3/c1-9(2)11-5-3-10(4-6-11)7-12(8-14)13(15)16/h3-7,9,14H,8H2,1-2H3/b12-7+. The summed E-state index contributed by atoms with van der Waals surface area (Å²) < 4.78 is 0. The van der Waals surface area contributed by atoms with Crippen molar-refractivity contribution in [2.45, 2.75) is 19.8 Å². The Morgan fingerprint density at radius 2 is 2.00 bits per heavy atom. The van der Waals surface area contributed by atoms with Crippen LogP contribution in [0.4, 0.5) is 0 Å². The molecule has 0 spiro atoms. The van der Waals surface area contributed by atoms with Gasteiger partial charge in [0, 0.05) is 6.08 Å². The monoisotopic (exact) mass is 221 g/mol. The summed E-state index contributed by atoms with van der Waals surface area (Å²) in [6.45, 7) is 3.61. The van der Waals surface area contributed by atoms with Gasteiger partial charge in [0.2, 0.25) is 0 Å². The number of nitrogens with zero attached hydrogens (tertiary/aromatic N) is 1. The van der Waals surface area contributed by atoms with Crippen molar-refractivity contribution < 1.29 is 10.0 Å². The third kappa shape index (κ3) is 3.17. The van der Waals surface area contributed by atoms with Crippen LogP contribution in [0.5, 0.6) is 0 Å². The van der Waals surface area contributed by atoms with Gasteiger partial charge in [0.15, 0.2) is 0 Å². The fourth-order valence-corrected chi connectivity index (χ4v) is 1.33. The fraction of sp³-hybridized carbons (Fsp3) is 0.333. The second kappa shape index (κ2) is 5.42. The molecule has 0 aromatic heterocycles. The zero-order chi connectivity index (χ0) is 12.1. The molecule has 1 N–H and O–H groups in total. The molecular weight excluding hydrogens is 206 g/mol. The number of hydrogen-bond acceptors (Lipinski definition) is 3. The average Bonchev–Trinajstić information content (AvgIpc) is 2.26. The number of rotatable bonds is 4. The van der Waals surface area contributed by atoms with Crippen molar-refractivity contribution in [1.29, 1.82) is 0 Å². The Balaban J connectivity index is 2.94. The van der Waals surface area contributed by atoms with Crippen LogP contribution in [-0.2, 0) is 0 Å². The fourth-order valence-electron chi connectivity index (χ4n) is 1.33. The minimum absolute atomic E-state index is 0.197. The molecule has 0 fully saturated rings. The molecule has 0 amide bonds. The quantitative estimate of drug-likeness (QED) is 0.627. The van der Waals surface area contributed by atoms with Crippen molar-refractivity contribution in [3.05, 3.63) is 51.2 Å². The molecule has 0 aliphatic carbocycles. The molecule has 0 heterocycles. The van der Waals surface area contributed by atoms with Crippen molar-refractivity contribution in [3.63, 3.8) is 0 Å². The minimum atomic E-state index is -0.573. The number of aliphatic hydroxyl groups is 1. The molecule has 1 rings (SSSR count). The Bertz CT molecular complexity index is 393. The first kappa shape index (κ1) is 12.4. The Kier molecular flexibility index (Phi) is 4.19. The van der Waals surface area contributed by atoms with E-state index in [1.54, 1.807) is 0 Å². The molecule has 86 valence electrons. The predicted octanol–water partition coefficient (Wildman–Crippen LogP) is 2.42. The summed E-state index contributed by atoms with van der Waals surface area (Å²) in [6, 6.07) is 7.50. The highest BCUT2D eigenvalue weighted by molar-refractivity contribution is 5.51. The van der Waals surface area contributed by atoms with Gasteiger partial charge >= 0.3 is 0 Å². The third-order valence-corrected chi connectivity index (χ3v) is 2.33. The van der Waals surface area contributed by atoms with E-state index in [4.69, 9.17) is 5.11 Å². The van der Waals surface area contributed by atoms with Crippen LogP contribution >= 0.6 is 0 Å². The first-order valence-electron chi connectivity index (χ1n) is 5.10. The van der Waals surface area contributed by atoms with Crippen molar-refractivity contribution in [2.75, 3.05) is 6.61 Å². The maximum atomic E-state index is 10.5. The van der Waals surface area contributed by atoms with Gasteiger partial charge in [0.25, 0.3) is 5.70 Å². The van der Waals surface area contributed by atoms with Crippen LogP contribution in [0.1, 0.15) is 30.9 Å². The van der Waals surface area contributed by atoms with Gasteiger partial charge in [-0.25, -0.2) is 0 Å². The van der Waals surface area contributed by atoms with E-state index in [1.165, 1.54) is 11.6 Å². The van der Waals surface area contributed by atoms with E-state index in [-0.39, 0.29) is 5.70 Å². The first-order valence-corrected chi connectivity index (χ1v) is 5.10. The second-order valence-electron chi connectivity index (χ2n) is 3.87. The van der Waals surface area contributed by atoms with E-state index >= 15 is 0 Å². The summed E-state index contributed by atoms with van der Waals surface area (Å²) in [5.74, 6) is 0.436. The Morgan fingerprint density at radius 1 is 1.44 bits per heavy atom. The Labute approximate surface area is 94.4 Å². The molecule has 0 unspecified atom stereocenters. The zero-order valence-electron chi connectivity index (χ0n) is 9.38. The Morgan fingerprint density at radius 3 is 2.38 bits per heavy atom. The van der Waals surface area contributed by atoms with Crippen LogP contribution in [0.25, 0.3) is 6.08 Å². The summed E-state index contributed by atoms with van der Waals surface area (Å²) in [5, 5.41) is 19.3. The number of aliphatic hydroxyl groups excluding tert-OH is 1. The number of hydrogen-bond donors (Lipinski definition) is 1. The Hall–Kier alpha value is -1.68. The normalized spacial score (nSPS) is 11.9. The molecule has 4 heteroatoms. The molecule has 0 radical (unpaired) electrons. The van der Waals surface area contributed by atoms with E-state index in [1.807, 2.05) is 24.3 Å². The van der Waals surface area contributed by atoms with E-state index in [0.29, 0.717) is 5.92 Å². The molecule has 16 heavy (non-hydrogen) atoms. The lowest BCUT2D eigenvalue weighted by molar-refractivity contribution is -0.428. The molecule has 0 saturated carbocycles. The van der Waals surface area contributed by atoms with Gasteiger partial charge in [-0.15, -0.1) is 0 Å². The molecule has 4 nitrogen and oxygen atoms in total. The van der Waals surface area contributed by atoms with Gasteiger partial charge in [-0.1, -0.05) is 38.1 Å². The minimum Gasteiger partial charge on any atom is -0.385 e. The van der Waals surface area contributed by atoms with Crippen LogP contribution in [-0.4, -0.2) is 16.6 Å². The summed E-state index contributed by atoms with van der Waals surface area (Å²) in [4.78, 5) is 9.91.